The molecule has 0 aliphatic heterocycles. The molecule has 0 spiro atoms. The summed E-state index contributed by atoms with van der Waals surface area (Å²) in [5.74, 6) is 0.0434. The van der Waals surface area contributed by atoms with Gasteiger partial charge in [0.2, 0.25) is 5.91 Å². The monoisotopic (exact) mass is 475 g/mol. The first kappa shape index (κ1) is 23.4. The molecule has 0 fully saturated rings. The van der Waals surface area contributed by atoms with Gasteiger partial charge in [0.15, 0.2) is 0 Å². The van der Waals surface area contributed by atoms with Crippen LogP contribution in [0.4, 0.5) is 0 Å². The normalized spacial score (nSPS) is 11.7. The van der Waals surface area contributed by atoms with Crippen molar-refractivity contribution in [3.8, 4) is 5.75 Å². The van der Waals surface area contributed by atoms with Crippen molar-refractivity contribution in [2.45, 2.75) is 19.4 Å². The van der Waals surface area contributed by atoms with Crippen molar-refractivity contribution in [1.29, 1.82) is 0 Å². The molecule has 0 saturated heterocycles. The molecule has 0 saturated carbocycles. The first-order chi connectivity index (χ1) is 16.5. The van der Waals surface area contributed by atoms with Gasteiger partial charge in [-0.1, -0.05) is 59.6 Å². The van der Waals surface area contributed by atoms with Crippen LogP contribution in [-0.2, 0) is 11.2 Å². The third-order valence-electron chi connectivity index (χ3n) is 5.53. The molecule has 6 nitrogen and oxygen atoms in total. The van der Waals surface area contributed by atoms with Crippen molar-refractivity contribution < 1.29 is 14.3 Å². The standard InChI is InChI=1S/C27H26ClN3O3/c1-18-10-12-20(13-11-18)34-15-14-29-27(33)25(31-26(32)22-7-2-4-8-23(22)28)16-19-17-30-24-9-5-3-6-21(19)24/h2-13,17,25,30H,14-16H2,1H3,(H,29,33)(H,31,32)/t25-/m0/s1. The molecule has 1 aromatic heterocycles. The molecule has 4 aromatic rings. The lowest BCUT2D eigenvalue weighted by Crippen LogP contribution is -2.48. The summed E-state index contributed by atoms with van der Waals surface area (Å²) in [7, 11) is 0. The maximum atomic E-state index is 13.1. The van der Waals surface area contributed by atoms with E-state index in [2.05, 4.69) is 15.6 Å². The minimum absolute atomic E-state index is 0.293. The average molecular weight is 476 g/mol. The second kappa shape index (κ2) is 10.9. The third kappa shape index (κ3) is 5.77. The van der Waals surface area contributed by atoms with Gasteiger partial charge in [0.1, 0.15) is 18.4 Å². The second-order valence-electron chi connectivity index (χ2n) is 8.02. The zero-order valence-corrected chi connectivity index (χ0v) is 19.6. The number of ether oxygens (including phenoxy) is 1. The van der Waals surface area contributed by atoms with E-state index in [0.29, 0.717) is 30.2 Å². The number of H-pyrrole nitrogens is 1. The van der Waals surface area contributed by atoms with E-state index >= 15 is 0 Å². The summed E-state index contributed by atoms with van der Waals surface area (Å²) in [5, 5.41) is 7.07. The molecule has 0 aliphatic carbocycles. The summed E-state index contributed by atoms with van der Waals surface area (Å²) in [6.45, 7) is 2.63. The zero-order valence-electron chi connectivity index (χ0n) is 18.8. The highest BCUT2D eigenvalue weighted by Gasteiger charge is 2.24. The van der Waals surface area contributed by atoms with Crippen molar-refractivity contribution in [3.63, 3.8) is 0 Å². The van der Waals surface area contributed by atoms with Gasteiger partial charge in [-0.05, 0) is 42.8 Å². The van der Waals surface area contributed by atoms with Gasteiger partial charge in [-0.15, -0.1) is 0 Å². The third-order valence-corrected chi connectivity index (χ3v) is 5.86. The first-order valence-electron chi connectivity index (χ1n) is 11.1. The summed E-state index contributed by atoms with van der Waals surface area (Å²) >= 11 is 6.19. The molecule has 3 N–H and O–H groups in total. The number of aromatic nitrogens is 1. The van der Waals surface area contributed by atoms with Gasteiger partial charge in [-0.2, -0.15) is 0 Å². The van der Waals surface area contributed by atoms with Crippen LogP contribution >= 0.6 is 11.6 Å². The SMILES string of the molecule is Cc1ccc(OCCNC(=O)[C@H](Cc2c[nH]c3ccccc23)NC(=O)c2ccccc2Cl)cc1. The number of rotatable bonds is 9. The molecule has 3 aromatic carbocycles. The van der Waals surface area contributed by atoms with E-state index in [-0.39, 0.29) is 5.91 Å². The Hall–Kier alpha value is -3.77. The number of carbonyl (C=O) groups excluding carboxylic acids is 2. The van der Waals surface area contributed by atoms with E-state index in [0.717, 1.165) is 27.8 Å². The number of carbonyl (C=O) groups is 2. The van der Waals surface area contributed by atoms with Crippen LogP contribution in [0.25, 0.3) is 10.9 Å². The highest BCUT2D eigenvalue weighted by molar-refractivity contribution is 6.33. The number of hydrogen-bond acceptors (Lipinski definition) is 3. The molecule has 174 valence electrons. The number of halogens is 1. The Morgan fingerprint density at radius 2 is 1.74 bits per heavy atom. The van der Waals surface area contributed by atoms with Crippen molar-refractivity contribution in [2.24, 2.45) is 0 Å². The van der Waals surface area contributed by atoms with E-state index in [1.54, 1.807) is 24.3 Å². The summed E-state index contributed by atoms with van der Waals surface area (Å²) in [6, 6.07) is 21.5. The van der Waals surface area contributed by atoms with Gasteiger partial charge >= 0.3 is 0 Å². The van der Waals surface area contributed by atoms with E-state index in [1.807, 2.05) is 61.7 Å². The fourth-order valence-corrected chi connectivity index (χ4v) is 3.93. The summed E-state index contributed by atoms with van der Waals surface area (Å²) in [5.41, 5.74) is 3.38. The van der Waals surface area contributed by atoms with Gasteiger partial charge in [0.25, 0.3) is 5.91 Å². The zero-order chi connectivity index (χ0) is 23.9. The molecule has 4 rings (SSSR count). The highest BCUT2D eigenvalue weighted by Crippen LogP contribution is 2.20. The van der Waals surface area contributed by atoms with Crippen LogP contribution in [0.5, 0.6) is 5.75 Å². The van der Waals surface area contributed by atoms with Gasteiger partial charge in [-0.3, -0.25) is 9.59 Å². The van der Waals surface area contributed by atoms with Crippen molar-refractivity contribution in [1.82, 2.24) is 15.6 Å². The van der Waals surface area contributed by atoms with Crippen LogP contribution in [0.3, 0.4) is 0 Å². The Labute approximate surface area is 203 Å². The Balaban J connectivity index is 1.44. The molecule has 7 heteroatoms. The fourth-order valence-electron chi connectivity index (χ4n) is 3.71. The molecule has 0 radical (unpaired) electrons. The van der Waals surface area contributed by atoms with E-state index in [4.69, 9.17) is 16.3 Å². The van der Waals surface area contributed by atoms with Gasteiger partial charge in [0.05, 0.1) is 17.1 Å². The number of amides is 2. The van der Waals surface area contributed by atoms with Gasteiger partial charge in [0, 0.05) is 23.5 Å². The van der Waals surface area contributed by atoms with Gasteiger partial charge < -0.3 is 20.4 Å². The minimum Gasteiger partial charge on any atom is -0.492 e. The smallest absolute Gasteiger partial charge is 0.253 e. The van der Waals surface area contributed by atoms with E-state index in [9.17, 15) is 9.59 Å². The molecule has 1 heterocycles. The lowest BCUT2D eigenvalue weighted by atomic mass is 10.0. The molecular weight excluding hydrogens is 450 g/mol. The molecule has 1 atom stereocenters. The topological polar surface area (TPSA) is 83.2 Å². The molecule has 34 heavy (non-hydrogen) atoms. The summed E-state index contributed by atoms with van der Waals surface area (Å²) in [6.07, 6.45) is 2.19. The summed E-state index contributed by atoms with van der Waals surface area (Å²) in [4.78, 5) is 29.2. The van der Waals surface area contributed by atoms with Crippen LogP contribution in [-0.4, -0.2) is 36.0 Å². The molecule has 0 unspecified atom stereocenters. The van der Waals surface area contributed by atoms with Crippen LogP contribution < -0.4 is 15.4 Å². The van der Waals surface area contributed by atoms with Crippen LogP contribution in [0, 0.1) is 6.92 Å². The Bertz CT molecular complexity index is 1280. The lowest BCUT2D eigenvalue weighted by molar-refractivity contribution is -0.123. The predicted molar refractivity (Wildman–Crippen MR) is 134 cm³/mol. The maximum Gasteiger partial charge on any atom is 0.253 e. The van der Waals surface area contributed by atoms with Crippen molar-refractivity contribution >= 4 is 34.3 Å². The second-order valence-corrected chi connectivity index (χ2v) is 8.43. The minimum atomic E-state index is -0.789. The maximum absolute atomic E-state index is 13.1. The number of benzene rings is 3. The number of hydrogen-bond donors (Lipinski definition) is 3. The first-order valence-corrected chi connectivity index (χ1v) is 11.5. The Morgan fingerprint density at radius 3 is 2.53 bits per heavy atom. The Kier molecular flexibility index (Phi) is 7.50. The molecular formula is C27H26ClN3O3. The van der Waals surface area contributed by atoms with E-state index in [1.165, 1.54) is 0 Å². The predicted octanol–water partition coefficient (Wildman–Crippen LogP) is 4.67. The number of para-hydroxylation sites is 1. The fraction of sp³-hybridized carbons (Fsp3) is 0.185. The lowest BCUT2D eigenvalue weighted by Gasteiger charge is -2.19. The summed E-state index contributed by atoms with van der Waals surface area (Å²) < 4.78 is 5.70. The van der Waals surface area contributed by atoms with Crippen molar-refractivity contribution in [2.75, 3.05) is 13.2 Å². The van der Waals surface area contributed by atoms with E-state index < -0.39 is 11.9 Å². The number of fused-ring (bicyclic) bond motifs is 1. The molecule has 2 amide bonds. The number of aryl methyl sites for hydroxylation is 1. The quantitative estimate of drug-likeness (QED) is 0.308. The van der Waals surface area contributed by atoms with Crippen LogP contribution in [0.15, 0.2) is 79.0 Å². The molecule has 0 bridgehead atoms. The largest absolute Gasteiger partial charge is 0.492 e. The average Bonchev–Trinajstić information content (AvgIpc) is 3.25. The van der Waals surface area contributed by atoms with Crippen molar-refractivity contribution in [3.05, 3.63) is 101 Å². The molecule has 0 aliphatic rings. The highest BCUT2D eigenvalue weighted by atomic mass is 35.5. The Morgan fingerprint density at radius 1 is 1.00 bits per heavy atom. The van der Waals surface area contributed by atoms with Gasteiger partial charge in [-0.25, -0.2) is 0 Å². The van der Waals surface area contributed by atoms with Crippen LogP contribution in [0.1, 0.15) is 21.5 Å². The number of aromatic amines is 1. The number of nitrogens with one attached hydrogen (secondary N) is 3. The van der Waals surface area contributed by atoms with Crippen LogP contribution in [0.2, 0.25) is 5.02 Å².